The number of aryl methyl sites for hydroxylation is 2. The summed E-state index contributed by atoms with van der Waals surface area (Å²) in [7, 11) is 1.62. The van der Waals surface area contributed by atoms with E-state index >= 15 is 0 Å². The van der Waals surface area contributed by atoms with Gasteiger partial charge in [-0.1, -0.05) is 23.8 Å². The van der Waals surface area contributed by atoms with Gasteiger partial charge in [0.25, 0.3) is 0 Å². The van der Waals surface area contributed by atoms with Gasteiger partial charge in [-0.25, -0.2) is 0 Å². The van der Waals surface area contributed by atoms with E-state index < -0.39 is 0 Å². The first-order valence-corrected chi connectivity index (χ1v) is 5.18. The van der Waals surface area contributed by atoms with Crippen molar-refractivity contribution in [3.63, 3.8) is 0 Å². The number of rotatable bonds is 4. The Bertz CT molecular complexity index is 356. The second-order valence-electron chi connectivity index (χ2n) is 3.99. The molecule has 0 aliphatic rings. The molecule has 2 nitrogen and oxygen atoms in total. The normalized spacial score (nSPS) is 12.5. The molecule has 15 heavy (non-hydrogen) atoms. The zero-order valence-corrected chi connectivity index (χ0v) is 9.83. The Morgan fingerprint density at radius 2 is 2.07 bits per heavy atom. The van der Waals surface area contributed by atoms with Crippen molar-refractivity contribution in [1.29, 1.82) is 0 Å². The van der Waals surface area contributed by atoms with Gasteiger partial charge in [-0.05, 0) is 26.3 Å². The highest BCUT2D eigenvalue weighted by Gasteiger charge is 2.12. The van der Waals surface area contributed by atoms with Gasteiger partial charge in [-0.3, -0.25) is 4.79 Å². The van der Waals surface area contributed by atoms with E-state index in [0.29, 0.717) is 6.42 Å². The lowest BCUT2D eigenvalue weighted by molar-refractivity contribution is 0.0791. The first-order chi connectivity index (χ1) is 7.04. The van der Waals surface area contributed by atoms with Gasteiger partial charge in [0.15, 0.2) is 5.78 Å². The SMILES string of the molecule is COC(C)CC(=O)c1ccc(C)cc1C. The van der Waals surface area contributed by atoms with Crippen molar-refractivity contribution in [3.8, 4) is 0 Å². The first-order valence-electron chi connectivity index (χ1n) is 5.18. The fraction of sp³-hybridized carbons (Fsp3) is 0.462. The number of carbonyl (C=O) groups is 1. The molecule has 0 saturated heterocycles. The molecule has 0 fully saturated rings. The van der Waals surface area contributed by atoms with Crippen molar-refractivity contribution < 1.29 is 9.53 Å². The largest absolute Gasteiger partial charge is 0.381 e. The van der Waals surface area contributed by atoms with Crippen LogP contribution in [-0.2, 0) is 4.74 Å². The van der Waals surface area contributed by atoms with E-state index in [-0.39, 0.29) is 11.9 Å². The van der Waals surface area contributed by atoms with Gasteiger partial charge in [0, 0.05) is 19.1 Å². The summed E-state index contributed by atoms with van der Waals surface area (Å²) in [5.74, 6) is 0.154. The first kappa shape index (κ1) is 11.9. The zero-order valence-electron chi connectivity index (χ0n) is 9.83. The molecule has 0 heterocycles. The van der Waals surface area contributed by atoms with E-state index in [4.69, 9.17) is 4.74 Å². The van der Waals surface area contributed by atoms with Gasteiger partial charge in [-0.2, -0.15) is 0 Å². The summed E-state index contributed by atoms with van der Waals surface area (Å²) in [4.78, 5) is 11.9. The zero-order chi connectivity index (χ0) is 11.4. The van der Waals surface area contributed by atoms with Crippen LogP contribution in [0.25, 0.3) is 0 Å². The van der Waals surface area contributed by atoms with Crippen LogP contribution in [0.5, 0.6) is 0 Å². The maximum atomic E-state index is 11.9. The van der Waals surface area contributed by atoms with Crippen molar-refractivity contribution in [1.82, 2.24) is 0 Å². The fourth-order valence-corrected chi connectivity index (χ4v) is 1.58. The maximum Gasteiger partial charge on any atom is 0.165 e. The average Bonchev–Trinajstić information content (AvgIpc) is 2.17. The third kappa shape index (κ3) is 3.17. The molecule has 0 saturated carbocycles. The molecule has 0 bridgehead atoms. The van der Waals surface area contributed by atoms with Gasteiger partial charge < -0.3 is 4.74 Å². The van der Waals surface area contributed by atoms with Crippen LogP contribution >= 0.6 is 0 Å². The van der Waals surface area contributed by atoms with Gasteiger partial charge in [0.2, 0.25) is 0 Å². The van der Waals surface area contributed by atoms with Gasteiger partial charge in [0.05, 0.1) is 6.10 Å². The molecule has 1 aromatic rings. The van der Waals surface area contributed by atoms with Crippen LogP contribution in [0.15, 0.2) is 18.2 Å². The van der Waals surface area contributed by atoms with Gasteiger partial charge in [0.1, 0.15) is 0 Å². The lowest BCUT2D eigenvalue weighted by Crippen LogP contribution is -2.13. The molecule has 1 unspecified atom stereocenters. The molecule has 1 aromatic carbocycles. The van der Waals surface area contributed by atoms with E-state index in [0.717, 1.165) is 11.1 Å². The number of hydrogen-bond donors (Lipinski definition) is 0. The van der Waals surface area contributed by atoms with Crippen LogP contribution in [0.3, 0.4) is 0 Å². The molecule has 1 rings (SSSR count). The fourth-order valence-electron chi connectivity index (χ4n) is 1.58. The van der Waals surface area contributed by atoms with Crippen molar-refractivity contribution in [2.24, 2.45) is 0 Å². The third-order valence-electron chi connectivity index (χ3n) is 2.56. The Morgan fingerprint density at radius 3 is 2.60 bits per heavy atom. The molecule has 0 N–H and O–H groups in total. The van der Waals surface area contributed by atoms with Crippen LogP contribution in [0.4, 0.5) is 0 Å². The minimum atomic E-state index is -0.0156. The molecule has 0 aliphatic carbocycles. The van der Waals surface area contributed by atoms with E-state index in [1.165, 1.54) is 5.56 Å². The van der Waals surface area contributed by atoms with Crippen molar-refractivity contribution in [2.75, 3.05) is 7.11 Å². The van der Waals surface area contributed by atoms with Crippen molar-refractivity contribution in [2.45, 2.75) is 33.3 Å². The summed E-state index contributed by atoms with van der Waals surface area (Å²) < 4.78 is 5.09. The van der Waals surface area contributed by atoms with Gasteiger partial charge in [-0.15, -0.1) is 0 Å². The summed E-state index contributed by atoms with van der Waals surface area (Å²) in [6.07, 6.45) is 0.429. The standard InChI is InChI=1S/C13H18O2/c1-9-5-6-12(10(2)7-9)13(14)8-11(3)15-4/h5-7,11H,8H2,1-4H3. The number of carbonyl (C=O) groups excluding carboxylic acids is 1. The molecule has 0 spiro atoms. The van der Waals surface area contributed by atoms with Crippen LogP contribution in [0, 0.1) is 13.8 Å². The van der Waals surface area contributed by atoms with E-state index in [9.17, 15) is 4.79 Å². The molecule has 0 aliphatic heterocycles. The molecule has 2 heteroatoms. The molecule has 0 radical (unpaired) electrons. The number of ether oxygens (including phenoxy) is 1. The Balaban J connectivity index is 2.82. The molecule has 0 aromatic heterocycles. The molecular formula is C13H18O2. The summed E-state index contributed by atoms with van der Waals surface area (Å²) in [6, 6.07) is 5.90. The van der Waals surface area contributed by atoms with Gasteiger partial charge >= 0.3 is 0 Å². The minimum absolute atomic E-state index is 0.0156. The van der Waals surface area contributed by atoms with E-state index in [1.54, 1.807) is 7.11 Å². The van der Waals surface area contributed by atoms with Crippen molar-refractivity contribution >= 4 is 5.78 Å². The molecule has 82 valence electrons. The van der Waals surface area contributed by atoms with Crippen LogP contribution < -0.4 is 0 Å². The summed E-state index contributed by atoms with van der Waals surface area (Å²) >= 11 is 0. The Morgan fingerprint density at radius 1 is 1.40 bits per heavy atom. The average molecular weight is 206 g/mol. The number of ketones is 1. The molecular weight excluding hydrogens is 188 g/mol. The van der Waals surface area contributed by atoms with Crippen LogP contribution in [-0.4, -0.2) is 19.0 Å². The highest BCUT2D eigenvalue weighted by molar-refractivity contribution is 5.97. The smallest absolute Gasteiger partial charge is 0.165 e. The summed E-state index contributed by atoms with van der Waals surface area (Å²) in [6.45, 7) is 5.90. The Kier molecular flexibility index (Phi) is 4.04. The molecule has 0 amide bonds. The highest BCUT2D eigenvalue weighted by atomic mass is 16.5. The summed E-state index contributed by atoms with van der Waals surface area (Å²) in [5, 5.41) is 0. The monoisotopic (exact) mass is 206 g/mol. The lowest BCUT2D eigenvalue weighted by Gasteiger charge is -2.10. The van der Waals surface area contributed by atoms with Crippen molar-refractivity contribution in [3.05, 3.63) is 34.9 Å². The predicted molar refractivity (Wildman–Crippen MR) is 61.3 cm³/mol. The third-order valence-corrected chi connectivity index (χ3v) is 2.56. The van der Waals surface area contributed by atoms with E-state index in [2.05, 4.69) is 0 Å². The Labute approximate surface area is 91.3 Å². The quantitative estimate of drug-likeness (QED) is 0.708. The minimum Gasteiger partial charge on any atom is -0.381 e. The maximum absolute atomic E-state index is 11.9. The topological polar surface area (TPSA) is 26.3 Å². The molecule has 1 atom stereocenters. The number of methoxy groups -OCH3 is 1. The highest BCUT2D eigenvalue weighted by Crippen LogP contribution is 2.14. The predicted octanol–water partition coefficient (Wildman–Crippen LogP) is 2.91. The second-order valence-corrected chi connectivity index (χ2v) is 3.99. The Hall–Kier alpha value is -1.15. The number of benzene rings is 1. The second kappa shape index (κ2) is 5.08. The summed E-state index contributed by atoms with van der Waals surface area (Å²) in [5.41, 5.74) is 3.04. The number of hydrogen-bond acceptors (Lipinski definition) is 2. The number of Topliss-reactive ketones (excluding diaryl/α,β-unsaturated/α-hetero) is 1. The van der Waals surface area contributed by atoms with Crippen LogP contribution in [0.2, 0.25) is 0 Å². The van der Waals surface area contributed by atoms with E-state index in [1.807, 2.05) is 39.0 Å². The lowest BCUT2D eigenvalue weighted by atomic mass is 9.99. The van der Waals surface area contributed by atoms with Crippen LogP contribution in [0.1, 0.15) is 34.8 Å².